The highest BCUT2D eigenvalue weighted by molar-refractivity contribution is 5.94. The van der Waals surface area contributed by atoms with Crippen molar-refractivity contribution in [3.8, 4) is 6.07 Å². The predicted octanol–water partition coefficient (Wildman–Crippen LogP) is 2.53. The molecule has 1 unspecified atom stereocenters. The van der Waals surface area contributed by atoms with E-state index in [0.717, 1.165) is 12.1 Å². The number of benzene rings is 1. The largest absolute Gasteiger partial charge is 0.367 e. The Morgan fingerprint density at radius 2 is 2.17 bits per heavy atom. The molecule has 1 aromatic heterocycles. The topological polar surface area (TPSA) is 81.1 Å². The first-order valence-corrected chi connectivity index (χ1v) is 7.94. The van der Waals surface area contributed by atoms with Crippen molar-refractivity contribution in [3.63, 3.8) is 0 Å². The molecular formula is C18H19N5O. The predicted molar refractivity (Wildman–Crippen MR) is 92.9 cm³/mol. The van der Waals surface area contributed by atoms with E-state index in [0.29, 0.717) is 24.5 Å². The summed E-state index contributed by atoms with van der Waals surface area (Å²) in [6, 6.07) is 13.5. The third-order valence-electron chi connectivity index (χ3n) is 4.05. The van der Waals surface area contributed by atoms with Gasteiger partial charge in [-0.1, -0.05) is 18.2 Å². The lowest BCUT2D eigenvalue weighted by Gasteiger charge is -2.23. The summed E-state index contributed by atoms with van der Waals surface area (Å²) in [7, 11) is 0. The quantitative estimate of drug-likeness (QED) is 0.848. The van der Waals surface area contributed by atoms with Crippen LogP contribution in [0.15, 0.2) is 42.6 Å². The van der Waals surface area contributed by atoms with E-state index in [4.69, 9.17) is 5.26 Å². The minimum absolute atomic E-state index is 0.101. The molecule has 0 bridgehead atoms. The first-order chi connectivity index (χ1) is 11.7. The van der Waals surface area contributed by atoms with E-state index in [1.54, 1.807) is 23.2 Å². The molecule has 6 heteroatoms. The third kappa shape index (κ3) is 3.15. The molecule has 2 N–H and O–H groups in total. The van der Waals surface area contributed by atoms with E-state index >= 15 is 0 Å². The minimum Gasteiger partial charge on any atom is -0.367 e. The molecule has 1 aliphatic heterocycles. The molecule has 0 aliphatic carbocycles. The monoisotopic (exact) mass is 321 g/mol. The van der Waals surface area contributed by atoms with Gasteiger partial charge in [0.15, 0.2) is 0 Å². The van der Waals surface area contributed by atoms with E-state index in [2.05, 4.69) is 27.8 Å². The lowest BCUT2D eigenvalue weighted by atomic mass is 10.1. The number of anilines is 2. The van der Waals surface area contributed by atoms with Crippen LogP contribution in [0.4, 0.5) is 16.3 Å². The van der Waals surface area contributed by atoms with Crippen LogP contribution in [0.25, 0.3) is 0 Å². The Bertz CT molecular complexity index is 783. The molecule has 6 nitrogen and oxygen atoms in total. The second-order valence-electron chi connectivity index (χ2n) is 5.72. The SMILES string of the molecule is CC1Cc2ccccc2N1C(=O)NCCNc1ncccc1C#N. The number of hydrogen-bond acceptors (Lipinski definition) is 4. The number of fused-ring (bicyclic) bond motifs is 1. The summed E-state index contributed by atoms with van der Waals surface area (Å²) in [5.74, 6) is 0.536. The van der Waals surface area contributed by atoms with Gasteiger partial charge in [0.2, 0.25) is 0 Å². The Hall–Kier alpha value is -3.07. The lowest BCUT2D eigenvalue weighted by molar-refractivity contribution is 0.245. The van der Waals surface area contributed by atoms with Crippen LogP contribution in [-0.2, 0) is 6.42 Å². The maximum Gasteiger partial charge on any atom is 0.322 e. The highest BCUT2D eigenvalue weighted by Gasteiger charge is 2.30. The Labute approximate surface area is 141 Å². The van der Waals surface area contributed by atoms with Crippen LogP contribution in [0, 0.1) is 11.3 Å². The summed E-state index contributed by atoms with van der Waals surface area (Å²) in [5, 5.41) is 15.0. The van der Waals surface area contributed by atoms with Crippen molar-refractivity contribution in [2.45, 2.75) is 19.4 Å². The van der Waals surface area contributed by atoms with Crippen molar-refractivity contribution < 1.29 is 4.79 Å². The highest BCUT2D eigenvalue weighted by atomic mass is 16.2. The fourth-order valence-corrected chi connectivity index (χ4v) is 2.95. The van der Waals surface area contributed by atoms with E-state index in [1.165, 1.54) is 5.56 Å². The molecular weight excluding hydrogens is 302 g/mol. The van der Waals surface area contributed by atoms with Crippen LogP contribution in [0.3, 0.4) is 0 Å². The van der Waals surface area contributed by atoms with Gasteiger partial charge in [0, 0.05) is 31.0 Å². The normalized spacial score (nSPS) is 15.5. The second-order valence-corrected chi connectivity index (χ2v) is 5.72. The lowest BCUT2D eigenvalue weighted by Crippen LogP contribution is -2.44. The van der Waals surface area contributed by atoms with Gasteiger partial charge >= 0.3 is 6.03 Å². The third-order valence-corrected chi connectivity index (χ3v) is 4.05. The number of hydrogen-bond donors (Lipinski definition) is 2. The molecule has 2 amide bonds. The molecule has 0 saturated heterocycles. The summed E-state index contributed by atoms with van der Waals surface area (Å²) in [5.41, 5.74) is 2.67. The fourth-order valence-electron chi connectivity index (χ4n) is 2.95. The standard InChI is InChI=1S/C18H19N5O/c1-13-11-14-5-2-3-7-16(14)23(13)18(24)22-10-9-21-17-15(12-19)6-4-8-20-17/h2-8,13H,9-11H2,1H3,(H,20,21)(H,22,24). The number of amides is 2. The van der Waals surface area contributed by atoms with Gasteiger partial charge in [-0.15, -0.1) is 0 Å². The molecule has 2 aromatic rings. The smallest absolute Gasteiger partial charge is 0.322 e. The van der Waals surface area contributed by atoms with E-state index in [-0.39, 0.29) is 12.1 Å². The Balaban J connectivity index is 1.54. The second kappa shape index (κ2) is 7.01. The molecule has 1 aromatic carbocycles. The van der Waals surface area contributed by atoms with Gasteiger partial charge in [0.25, 0.3) is 0 Å². The molecule has 0 fully saturated rings. The summed E-state index contributed by atoms with van der Waals surface area (Å²) in [4.78, 5) is 18.4. The van der Waals surface area contributed by atoms with Crippen LogP contribution in [-0.4, -0.2) is 30.1 Å². The van der Waals surface area contributed by atoms with Crippen LogP contribution < -0.4 is 15.5 Å². The first-order valence-electron chi connectivity index (χ1n) is 7.94. The van der Waals surface area contributed by atoms with Crippen molar-refractivity contribution in [2.75, 3.05) is 23.3 Å². The summed E-state index contributed by atoms with van der Waals surface area (Å²) < 4.78 is 0. The Kier molecular flexibility index (Phi) is 4.62. The highest BCUT2D eigenvalue weighted by Crippen LogP contribution is 2.31. The molecule has 2 heterocycles. The van der Waals surface area contributed by atoms with Crippen molar-refractivity contribution in [3.05, 3.63) is 53.7 Å². The van der Waals surface area contributed by atoms with Crippen LogP contribution >= 0.6 is 0 Å². The van der Waals surface area contributed by atoms with Gasteiger partial charge in [0.05, 0.1) is 5.56 Å². The van der Waals surface area contributed by atoms with E-state index < -0.39 is 0 Å². The molecule has 1 atom stereocenters. The molecule has 1 aliphatic rings. The molecule has 24 heavy (non-hydrogen) atoms. The zero-order valence-corrected chi connectivity index (χ0v) is 13.5. The van der Waals surface area contributed by atoms with Gasteiger partial charge < -0.3 is 10.6 Å². The average Bonchev–Trinajstić information content (AvgIpc) is 2.94. The summed E-state index contributed by atoms with van der Waals surface area (Å²) in [6.45, 7) is 3.00. The fraction of sp³-hybridized carbons (Fsp3) is 0.278. The zero-order valence-electron chi connectivity index (χ0n) is 13.5. The van der Waals surface area contributed by atoms with Crippen LogP contribution in [0.1, 0.15) is 18.1 Å². The number of pyridine rings is 1. The molecule has 122 valence electrons. The number of carbonyl (C=O) groups excluding carboxylic acids is 1. The Morgan fingerprint density at radius 1 is 1.33 bits per heavy atom. The first kappa shape index (κ1) is 15.8. The summed E-state index contributed by atoms with van der Waals surface area (Å²) in [6.07, 6.45) is 2.51. The number of nitrogens with one attached hydrogen (secondary N) is 2. The number of nitrogens with zero attached hydrogens (tertiary/aromatic N) is 3. The molecule has 0 saturated carbocycles. The van der Waals surface area contributed by atoms with Crippen LogP contribution in [0.5, 0.6) is 0 Å². The van der Waals surface area contributed by atoms with E-state index in [9.17, 15) is 4.79 Å². The Morgan fingerprint density at radius 3 is 3.00 bits per heavy atom. The van der Waals surface area contributed by atoms with Gasteiger partial charge in [0.1, 0.15) is 11.9 Å². The zero-order chi connectivity index (χ0) is 16.9. The van der Waals surface area contributed by atoms with Gasteiger partial charge in [-0.2, -0.15) is 5.26 Å². The molecule has 3 rings (SSSR count). The number of rotatable bonds is 4. The molecule has 0 spiro atoms. The van der Waals surface area contributed by atoms with Crippen molar-refractivity contribution in [1.82, 2.24) is 10.3 Å². The van der Waals surface area contributed by atoms with Crippen molar-refractivity contribution in [1.29, 1.82) is 5.26 Å². The maximum atomic E-state index is 12.5. The van der Waals surface area contributed by atoms with Crippen LogP contribution in [0.2, 0.25) is 0 Å². The number of aromatic nitrogens is 1. The summed E-state index contributed by atoms with van der Waals surface area (Å²) >= 11 is 0. The number of urea groups is 1. The van der Waals surface area contributed by atoms with Gasteiger partial charge in [-0.05, 0) is 37.1 Å². The number of para-hydroxylation sites is 1. The average molecular weight is 321 g/mol. The molecule has 0 radical (unpaired) electrons. The van der Waals surface area contributed by atoms with Gasteiger partial charge in [-0.25, -0.2) is 9.78 Å². The number of nitriles is 1. The van der Waals surface area contributed by atoms with Gasteiger partial charge in [-0.3, -0.25) is 4.90 Å². The minimum atomic E-state index is -0.101. The van der Waals surface area contributed by atoms with Crippen molar-refractivity contribution >= 4 is 17.5 Å². The maximum absolute atomic E-state index is 12.5. The number of carbonyl (C=O) groups is 1. The van der Waals surface area contributed by atoms with Crippen molar-refractivity contribution in [2.24, 2.45) is 0 Å². The van der Waals surface area contributed by atoms with E-state index in [1.807, 2.05) is 25.1 Å².